The van der Waals surface area contributed by atoms with Crippen molar-refractivity contribution in [2.45, 2.75) is 0 Å². The van der Waals surface area contributed by atoms with E-state index >= 15 is 0 Å². The van der Waals surface area contributed by atoms with E-state index in [9.17, 15) is 0 Å². The smallest absolute Gasteiger partial charge is 0.299 e. The Kier molecular flexibility index (Phi) is 11.3. The molecule has 8 heteroatoms. The van der Waals surface area contributed by atoms with Gasteiger partial charge in [-0.05, 0) is 0 Å². The van der Waals surface area contributed by atoms with E-state index in [2.05, 4.69) is 4.90 Å². The fourth-order valence-electron chi connectivity index (χ4n) is 1.20. The van der Waals surface area contributed by atoms with Crippen LogP contribution in [0.4, 0.5) is 0 Å². The summed E-state index contributed by atoms with van der Waals surface area (Å²) in [5, 5.41) is 0. The fourth-order valence-corrected chi connectivity index (χ4v) is 1.20. The molecule has 1 heterocycles. The van der Waals surface area contributed by atoms with Gasteiger partial charge in [0.1, 0.15) is 0 Å². The van der Waals surface area contributed by atoms with E-state index in [1.807, 2.05) is 0 Å². The third kappa shape index (κ3) is 12.0. The first-order valence-electron chi connectivity index (χ1n) is 5.04. The van der Waals surface area contributed by atoms with Crippen LogP contribution in [0.2, 0.25) is 0 Å². The molecule has 0 aliphatic carbocycles. The first-order chi connectivity index (χ1) is 7.66. The minimum absolute atomic E-state index is 0.614. The average Bonchev–Trinajstić information content (AvgIpc) is 2.25. The molecular weight excluding hydrogens is 236 g/mol. The first kappa shape index (κ1) is 15.9. The van der Waals surface area contributed by atoms with Crippen LogP contribution < -0.4 is 5.73 Å². The Morgan fingerprint density at radius 2 is 1.88 bits per heavy atom. The number of nitrogens with two attached hydrogens (primary N) is 1. The van der Waals surface area contributed by atoms with Crippen LogP contribution in [0.15, 0.2) is 0 Å². The fraction of sp³-hybridized carbons (Fsp3) is 1.00. The highest BCUT2D eigenvalue weighted by Gasteiger charge is 2.08. The summed E-state index contributed by atoms with van der Waals surface area (Å²) in [5.74, 6) is 0. The van der Waals surface area contributed by atoms with Gasteiger partial charge in [0.05, 0.1) is 26.4 Å². The maximum absolute atomic E-state index is 8.67. The third-order valence-corrected chi connectivity index (χ3v) is 1.92. The number of rotatable bonds is 5. The molecular formula is C8H20N2O5S. The van der Waals surface area contributed by atoms with Crippen LogP contribution in [-0.2, 0) is 20.8 Å². The zero-order valence-corrected chi connectivity index (χ0v) is 10.0. The summed E-state index contributed by atoms with van der Waals surface area (Å²) in [6.07, 6.45) is 0. The van der Waals surface area contributed by atoms with E-state index in [1.165, 1.54) is 0 Å². The van der Waals surface area contributed by atoms with Crippen molar-refractivity contribution in [2.24, 2.45) is 5.73 Å². The summed E-state index contributed by atoms with van der Waals surface area (Å²) in [5.41, 5.74) is 5.29. The van der Waals surface area contributed by atoms with Crippen molar-refractivity contribution in [1.29, 1.82) is 0 Å². The molecule has 0 saturated carbocycles. The van der Waals surface area contributed by atoms with Gasteiger partial charge in [-0.15, -0.1) is 0 Å². The normalized spacial score (nSPS) is 17.0. The van der Waals surface area contributed by atoms with Crippen molar-refractivity contribution in [3.05, 3.63) is 0 Å². The van der Waals surface area contributed by atoms with Gasteiger partial charge < -0.3 is 15.2 Å². The molecule has 98 valence electrons. The lowest BCUT2D eigenvalue weighted by Crippen LogP contribution is -2.38. The predicted octanol–water partition coefficient (Wildman–Crippen LogP) is -1.02. The summed E-state index contributed by atoms with van der Waals surface area (Å²) in [6.45, 7) is 6.86. The number of hydrogen-bond donors (Lipinski definition) is 3. The lowest BCUT2D eigenvalue weighted by Gasteiger charge is -2.26. The second-order valence-corrected chi connectivity index (χ2v) is 3.55. The molecule has 0 spiro atoms. The van der Waals surface area contributed by atoms with E-state index in [0.717, 1.165) is 39.5 Å². The maximum atomic E-state index is 8.67. The Morgan fingerprint density at radius 3 is 2.38 bits per heavy atom. The van der Waals surface area contributed by atoms with Crippen LogP contribution in [0.3, 0.4) is 0 Å². The van der Waals surface area contributed by atoms with E-state index in [1.54, 1.807) is 0 Å². The molecule has 0 aromatic heterocycles. The molecule has 16 heavy (non-hydrogen) atoms. The Morgan fingerprint density at radius 1 is 1.31 bits per heavy atom. The number of nitrogens with zero attached hydrogens (tertiary/aromatic N) is 1. The van der Waals surface area contributed by atoms with Crippen LogP contribution >= 0.6 is 0 Å². The summed E-state index contributed by atoms with van der Waals surface area (Å²) >= 11 is -2.61. The second kappa shape index (κ2) is 11.4. The highest BCUT2D eigenvalue weighted by atomic mass is 32.2. The molecule has 1 aliphatic rings. The van der Waals surface area contributed by atoms with Crippen molar-refractivity contribution in [3.63, 3.8) is 0 Å². The molecule has 1 aliphatic heterocycles. The molecule has 0 amide bonds. The Hall–Kier alpha value is -0.0900. The molecule has 0 atom stereocenters. The molecule has 0 aromatic carbocycles. The van der Waals surface area contributed by atoms with Gasteiger partial charge in [0.15, 0.2) is 0 Å². The molecule has 4 N–H and O–H groups in total. The molecule has 1 saturated heterocycles. The van der Waals surface area contributed by atoms with E-state index < -0.39 is 11.4 Å². The Balaban J connectivity index is 0.000000487. The molecule has 0 bridgehead atoms. The summed E-state index contributed by atoms with van der Waals surface area (Å²) in [4.78, 5) is 2.35. The Labute approximate surface area is 98.0 Å². The van der Waals surface area contributed by atoms with Crippen molar-refractivity contribution in [2.75, 3.05) is 52.6 Å². The topological polar surface area (TPSA) is 105 Å². The molecule has 0 aromatic rings. The van der Waals surface area contributed by atoms with Crippen molar-refractivity contribution < 1.29 is 22.8 Å². The average molecular weight is 256 g/mol. The van der Waals surface area contributed by atoms with Gasteiger partial charge in [0.2, 0.25) is 0 Å². The molecule has 0 radical (unpaired) electrons. The van der Waals surface area contributed by atoms with Crippen LogP contribution in [0.1, 0.15) is 0 Å². The van der Waals surface area contributed by atoms with Crippen molar-refractivity contribution in [1.82, 2.24) is 4.90 Å². The van der Waals surface area contributed by atoms with Crippen molar-refractivity contribution in [3.8, 4) is 0 Å². The predicted molar refractivity (Wildman–Crippen MR) is 60.5 cm³/mol. The number of hydrogen-bond acceptors (Lipinski definition) is 5. The monoisotopic (exact) mass is 256 g/mol. The molecule has 7 nitrogen and oxygen atoms in total. The minimum Gasteiger partial charge on any atom is -0.379 e. The van der Waals surface area contributed by atoms with Crippen LogP contribution in [0.5, 0.6) is 0 Å². The Bertz CT molecular complexity index is 174. The second-order valence-electron chi connectivity index (χ2n) is 3.09. The number of morpholine rings is 1. The summed E-state index contributed by atoms with van der Waals surface area (Å²) in [6, 6.07) is 0. The van der Waals surface area contributed by atoms with Crippen LogP contribution in [0.25, 0.3) is 0 Å². The SMILES string of the molecule is NCCOCCN1CCOCC1.O=S(O)O. The lowest BCUT2D eigenvalue weighted by molar-refractivity contribution is 0.0213. The van der Waals surface area contributed by atoms with Gasteiger partial charge in [-0.25, -0.2) is 0 Å². The number of ether oxygens (including phenoxy) is 2. The van der Waals surface area contributed by atoms with E-state index in [4.69, 9.17) is 28.5 Å². The van der Waals surface area contributed by atoms with Crippen molar-refractivity contribution >= 4 is 11.4 Å². The first-order valence-corrected chi connectivity index (χ1v) is 6.11. The van der Waals surface area contributed by atoms with Gasteiger partial charge in [0, 0.05) is 26.2 Å². The van der Waals surface area contributed by atoms with Crippen LogP contribution in [-0.4, -0.2) is 70.8 Å². The highest BCUT2D eigenvalue weighted by Crippen LogP contribution is 1.95. The lowest BCUT2D eigenvalue weighted by atomic mass is 10.4. The summed E-state index contributed by atoms with van der Waals surface area (Å²) in [7, 11) is 0. The molecule has 0 unspecified atom stereocenters. The molecule has 1 fully saturated rings. The maximum Gasteiger partial charge on any atom is 0.299 e. The van der Waals surface area contributed by atoms with Gasteiger partial charge in [-0.2, -0.15) is 4.21 Å². The standard InChI is InChI=1S/C8H18N2O2.H2O3S/c9-1-5-11-6-2-10-3-7-12-8-4-10;1-4(2)3/h1-9H2;(H2,1,2,3). The van der Waals surface area contributed by atoms with Gasteiger partial charge >= 0.3 is 0 Å². The quantitative estimate of drug-likeness (QED) is 0.427. The third-order valence-electron chi connectivity index (χ3n) is 1.92. The zero-order chi connectivity index (χ0) is 12.2. The summed E-state index contributed by atoms with van der Waals surface area (Å²) < 4.78 is 33.3. The van der Waals surface area contributed by atoms with Crippen LogP contribution in [0, 0.1) is 0 Å². The highest BCUT2D eigenvalue weighted by molar-refractivity contribution is 7.73. The van der Waals surface area contributed by atoms with E-state index in [-0.39, 0.29) is 0 Å². The molecule has 1 rings (SSSR count). The largest absolute Gasteiger partial charge is 0.379 e. The van der Waals surface area contributed by atoms with Gasteiger partial charge in [-0.3, -0.25) is 14.0 Å². The van der Waals surface area contributed by atoms with Gasteiger partial charge in [-0.1, -0.05) is 0 Å². The zero-order valence-electron chi connectivity index (χ0n) is 9.21. The van der Waals surface area contributed by atoms with Gasteiger partial charge in [0.25, 0.3) is 11.4 Å². The minimum atomic E-state index is -2.61. The van der Waals surface area contributed by atoms with E-state index in [0.29, 0.717) is 13.2 Å².